The van der Waals surface area contributed by atoms with Crippen LogP contribution in [0.5, 0.6) is 5.75 Å². The van der Waals surface area contributed by atoms with Gasteiger partial charge in [0, 0.05) is 11.7 Å². The number of fused-ring (bicyclic) bond motifs is 1. The van der Waals surface area contributed by atoms with E-state index in [1.165, 1.54) is 5.56 Å². The molecule has 2 aromatic rings. The first-order valence-electron chi connectivity index (χ1n) is 7.47. The number of methoxy groups -OCH3 is 1. The highest BCUT2D eigenvalue weighted by Crippen LogP contribution is 2.27. The largest absolute Gasteiger partial charge is 0.497 e. The Morgan fingerprint density at radius 3 is 2.73 bits per heavy atom. The molecule has 0 radical (unpaired) electrons. The van der Waals surface area contributed by atoms with Crippen molar-refractivity contribution < 1.29 is 9.53 Å². The third-order valence-corrected chi connectivity index (χ3v) is 4.09. The van der Waals surface area contributed by atoms with Crippen LogP contribution in [0.2, 0.25) is 0 Å². The Labute approximate surface area is 130 Å². The van der Waals surface area contributed by atoms with Crippen molar-refractivity contribution in [3.05, 3.63) is 59.2 Å². The second-order valence-corrected chi connectivity index (χ2v) is 5.63. The van der Waals surface area contributed by atoms with Gasteiger partial charge in [0.25, 0.3) is 0 Å². The third kappa shape index (κ3) is 3.12. The van der Waals surface area contributed by atoms with Crippen molar-refractivity contribution >= 4 is 11.6 Å². The molecule has 0 bridgehead atoms. The molecule has 1 heterocycles. The van der Waals surface area contributed by atoms with E-state index in [1.54, 1.807) is 7.11 Å². The Kier molecular flexibility index (Phi) is 4.11. The van der Waals surface area contributed by atoms with Gasteiger partial charge in [-0.1, -0.05) is 24.3 Å². The van der Waals surface area contributed by atoms with Crippen LogP contribution in [-0.2, 0) is 17.6 Å². The highest BCUT2D eigenvalue weighted by atomic mass is 16.5. The monoisotopic (exact) mass is 296 g/mol. The first-order chi connectivity index (χ1) is 10.7. The summed E-state index contributed by atoms with van der Waals surface area (Å²) in [7, 11) is 1.67. The number of amides is 1. The van der Waals surface area contributed by atoms with Gasteiger partial charge in [0.1, 0.15) is 5.75 Å². The highest BCUT2D eigenvalue weighted by Gasteiger charge is 2.18. The van der Waals surface area contributed by atoms with Crippen LogP contribution in [0.15, 0.2) is 42.5 Å². The van der Waals surface area contributed by atoms with Gasteiger partial charge >= 0.3 is 0 Å². The number of anilines is 1. The van der Waals surface area contributed by atoms with E-state index in [-0.39, 0.29) is 11.9 Å². The number of hydrogen-bond acceptors (Lipinski definition) is 3. The Bertz CT molecular complexity index is 680. The van der Waals surface area contributed by atoms with Crippen LogP contribution in [-0.4, -0.2) is 13.0 Å². The van der Waals surface area contributed by atoms with E-state index in [0.29, 0.717) is 6.42 Å². The number of benzene rings is 2. The molecule has 1 amide bonds. The van der Waals surface area contributed by atoms with E-state index < -0.39 is 0 Å². The summed E-state index contributed by atoms with van der Waals surface area (Å²) in [5.41, 5.74) is 10.6. The van der Waals surface area contributed by atoms with Crippen molar-refractivity contribution in [3.8, 4) is 5.75 Å². The van der Waals surface area contributed by atoms with Crippen molar-refractivity contribution in [1.29, 1.82) is 0 Å². The second kappa shape index (κ2) is 6.20. The normalized spacial score (nSPS) is 14.4. The van der Waals surface area contributed by atoms with E-state index >= 15 is 0 Å². The van der Waals surface area contributed by atoms with E-state index in [1.807, 2.05) is 30.3 Å². The number of nitrogens with two attached hydrogens (primary N) is 1. The van der Waals surface area contributed by atoms with Crippen LogP contribution in [0.1, 0.15) is 29.2 Å². The van der Waals surface area contributed by atoms with Crippen LogP contribution >= 0.6 is 0 Å². The van der Waals surface area contributed by atoms with Gasteiger partial charge in [-0.05, 0) is 47.7 Å². The van der Waals surface area contributed by atoms with Gasteiger partial charge in [-0.3, -0.25) is 4.79 Å². The van der Waals surface area contributed by atoms with Crippen molar-refractivity contribution in [2.24, 2.45) is 5.73 Å². The molecular formula is C18H20N2O2. The molecule has 1 aliphatic rings. The SMILES string of the molecule is COc1ccc(CCC(N)c2ccc3c(c2)CC(=O)N3)cc1. The maximum Gasteiger partial charge on any atom is 0.228 e. The molecule has 0 fully saturated rings. The van der Waals surface area contributed by atoms with E-state index in [4.69, 9.17) is 10.5 Å². The molecule has 1 atom stereocenters. The Morgan fingerprint density at radius 2 is 2.00 bits per heavy atom. The summed E-state index contributed by atoms with van der Waals surface area (Å²) in [5.74, 6) is 0.919. The van der Waals surface area contributed by atoms with Crippen molar-refractivity contribution in [2.45, 2.75) is 25.3 Å². The maximum atomic E-state index is 11.4. The molecule has 4 nitrogen and oxygen atoms in total. The lowest BCUT2D eigenvalue weighted by atomic mass is 9.97. The highest BCUT2D eigenvalue weighted by molar-refractivity contribution is 5.99. The Morgan fingerprint density at radius 1 is 1.23 bits per heavy atom. The molecule has 0 aliphatic carbocycles. The average molecular weight is 296 g/mol. The number of carbonyl (C=O) groups excluding carboxylic acids is 1. The maximum absolute atomic E-state index is 11.4. The minimum atomic E-state index is -0.0249. The lowest BCUT2D eigenvalue weighted by molar-refractivity contribution is -0.115. The molecule has 2 aromatic carbocycles. The van der Waals surface area contributed by atoms with E-state index in [0.717, 1.165) is 35.4 Å². The van der Waals surface area contributed by atoms with Crippen LogP contribution in [0.3, 0.4) is 0 Å². The van der Waals surface area contributed by atoms with Crippen molar-refractivity contribution in [1.82, 2.24) is 0 Å². The fourth-order valence-electron chi connectivity index (χ4n) is 2.76. The zero-order valence-corrected chi connectivity index (χ0v) is 12.6. The molecule has 0 spiro atoms. The van der Waals surface area contributed by atoms with Crippen LogP contribution in [0, 0.1) is 0 Å². The molecule has 0 aromatic heterocycles. The van der Waals surface area contributed by atoms with Crippen LogP contribution < -0.4 is 15.8 Å². The summed E-state index contributed by atoms with van der Waals surface area (Å²) in [6, 6.07) is 14.0. The minimum Gasteiger partial charge on any atom is -0.497 e. The van der Waals surface area contributed by atoms with E-state index in [2.05, 4.69) is 17.4 Å². The lowest BCUT2D eigenvalue weighted by Crippen LogP contribution is -2.11. The molecule has 0 saturated heterocycles. The summed E-state index contributed by atoms with van der Waals surface area (Å²) in [4.78, 5) is 11.4. The van der Waals surface area contributed by atoms with Gasteiger partial charge in [-0.15, -0.1) is 0 Å². The number of carbonyl (C=O) groups is 1. The summed E-state index contributed by atoms with van der Waals surface area (Å²) in [6.07, 6.45) is 2.24. The summed E-state index contributed by atoms with van der Waals surface area (Å²) in [5, 5.41) is 2.84. The molecule has 3 N–H and O–H groups in total. The Hall–Kier alpha value is -2.33. The molecule has 1 aliphatic heterocycles. The third-order valence-electron chi connectivity index (χ3n) is 4.09. The molecule has 1 unspecified atom stereocenters. The van der Waals surface area contributed by atoms with Gasteiger partial charge in [-0.2, -0.15) is 0 Å². The number of ether oxygens (including phenoxy) is 1. The van der Waals surface area contributed by atoms with Gasteiger partial charge in [0.2, 0.25) is 5.91 Å². The second-order valence-electron chi connectivity index (χ2n) is 5.63. The lowest BCUT2D eigenvalue weighted by Gasteiger charge is -2.13. The molecule has 3 rings (SSSR count). The Balaban J connectivity index is 1.63. The zero-order chi connectivity index (χ0) is 15.5. The smallest absolute Gasteiger partial charge is 0.228 e. The molecule has 22 heavy (non-hydrogen) atoms. The number of rotatable bonds is 5. The van der Waals surface area contributed by atoms with Gasteiger partial charge in [-0.25, -0.2) is 0 Å². The molecule has 4 heteroatoms. The fraction of sp³-hybridized carbons (Fsp3) is 0.278. The molecular weight excluding hydrogens is 276 g/mol. The number of aryl methyl sites for hydroxylation is 1. The molecule has 0 saturated carbocycles. The van der Waals surface area contributed by atoms with Gasteiger partial charge in [0.15, 0.2) is 0 Å². The minimum absolute atomic E-state index is 0.0249. The molecule has 114 valence electrons. The summed E-state index contributed by atoms with van der Waals surface area (Å²) < 4.78 is 5.16. The first kappa shape index (κ1) is 14.6. The zero-order valence-electron chi connectivity index (χ0n) is 12.6. The van der Waals surface area contributed by atoms with Crippen LogP contribution in [0.4, 0.5) is 5.69 Å². The first-order valence-corrected chi connectivity index (χ1v) is 7.47. The average Bonchev–Trinajstić information content (AvgIpc) is 2.92. The number of hydrogen-bond donors (Lipinski definition) is 2. The number of nitrogens with one attached hydrogen (secondary N) is 1. The van der Waals surface area contributed by atoms with Gasteiger partial charge < -0.3 is 15.8 Å². The topological polar surface area (TPSA) is 64.3 Å². The summed E-state index contributed by atoms with van der Waals surface area (Å²) >= 11 is 0. The summed E-state index contributed by atoms with van der Waals surface area (Å²) in [6.45, 7) is 0. The predicted octanol–water partition coefficient (Wildman–Crippen LogP) is 2.82. The fourth-order valence-corrected chi connectivity index (χ4v) is 2.76. The van der Waals surface area contributed by atoms with Gasteiger partial charge in [0.05, 0.1) is 13.5 Å². The van der Waals surface area contributed by atoms with Crippen LogP contribution in [0.25, 0.3) is 0 Å². The van der Waals surface area contributed by atoms with E-state index in [9.17, 15) is 4.79 Å². The quantitative estimate of drug-likeness (QED) is 0.891. The standard InChI is InChI=1S/C18H20N2O2/c1-22-15-6-2-12(3-7-15)4-8-16(19)13-5-9-17-14(10-13)11-18(21)20-17/h2-3,5-7,9-10,16H,4,8,11,19H2,1H3,(H,20,21). The van der Waals surface area contributed by atoms with Crippen molar-refractivity contribution in [3.63, 3.8) is 0 Å². The predicted molar refractivity (Wildman–Crippen MR) is 87.0 cm³/mol. The van der Waals surface area contributed by atoms with Crippen molar-refractivity contribution in [2.75, 3.05) is 12.4 Å².